The van der Waals surface area contributed by atoms with Crippen LogP contribution in [0.3, 0.4) is 0 Å². The number of benzene rings is 2. The highest BCUT2D eigenvalue weighted by molar-refractivity contribution is 7.89. The number of carbonyl (C=O) groups is 2. The minimum absolute atomic E-state index is 0.153. The van der Waals surface area contributed by atoms with Gasteiger partial charge < -0.3 is 10.1 Å². The third kappa shape index (κ3) is 4.88. The molecular formula is C22H26N2O5S. The molecule has 0 spiro atoms. The van der Waals surface area contributed by atoms with Crippen molar-refractivity contribution in [3.05, 3.63) is 59.2 Å². The molecule has 0 bridgehead atoms. The average molecular weight is 431 g/mol. The zero-order chi connectivity index (χ0) is 21.7. The first-order chi connectivity index (χ1) is 14.3. The largest absolute Gasteiger partial charge is 0.465 e. The van der Waals surface area contributed by atoms with Crippen molar-refractivity contribution in [2.45, 2.75) is 37.5 Å². The third-order valence-electron chi connectivity index (χ3n) is 5.17. The number of nitrogens with zero attached hydrogens (tertiary/aromatic N) is 1. The highest BCUT2D eigenvalue weighted by Crippen LogP contribution is 2.24. The fourth-order valence-electron chi connectivity index (χ4n) is 3.49. The lowest BCUT2D eigenvalue weighted by molar-refractivity contribution is 0.0600. The highest BCUT2D eigenvalue weighted by atomic mass is 32.2. The topological polar surface area (TPSA) is 92.8 Å². The normalized spacial score (nSPS) is 15.3. The number of esters is 1. The van der Waals surface area contributed by atoms with Gasteiger partial charge in [-0.2, -0.15) is 4.31 Å². The van der Waals surface area contributed by atoms with Gasteiger partial charge >= 0.3 is 5.97 Å². The number of aryl methyl sites for hydroxylation is 1. The number of carbonyl (C=O) groups excluding carboxylic acids is 2. The molecule has 0 unspecified atom stereocenters. The summed E-state index contributed by atoms with van der Waals surface area (Å²) in [7, 11) is -2.39. The lowest BCUT2D eigenvalue weighted by Crippen LogP contribution is -2.32. The summed E-state index contributed by atoms with van der Waals surface area (Å²) in [5.41, 5.74) is 1.56. The molecule has 0 radical (unpaired) electrons. The number of ether oxygens (including phenoxy) is 1. The molecule has 0 aromatic heterocycles. The zero-order valence-electron chi connectivity index (χ0n) is 17.2. The van der Waals surface area contributed by atoms with Gasteiger partial charge in [-0.05, 0) is 55.7 Å². The zero-order valence-corrected chi connectivity index (χ0v) is 18.0. The van der Waals surface area contributed by atoms with E-state index in [4.69, 9.17) is 4.74 Å². The van der Waals surface area contributed by atoms with Crippen LogP contribution < -0.4 is 5.32 Å². The Morgan fingerprint density at radius 1 is 0.967 bits per heavy atom. The molecular weight excluding hydrogens is 404 g/mol. The predicted octanol–water partition coefficient (Wildman–Crippen LogP) is 3.60. The smallest absolute Gasteiger partial charge is 0.337 e. The first-order valence-electron chi connectivity index (χ1n) is 9.93. The van der Waals surface area contributed by atoms with E-state index in [0.29, 0.717) is 29.9 Å². The second-order valence-corrected chi connectivity index (χ2v) is 9.23. The van der Waals surface area contributed by atoms with Crippen molar-refractivity contribution in [2.75, 3.05) is 25.5 Å². The molecule has 0 atom stereocenters. The van der Waals surface area contributed by atoms with Crippen LogP contribution in [0.25, 0.3) is 0 Å². The molecule has 2 aromatic carbocycles. The quantitative estimate of drug-likeness (QED) is 0.732. The third-order valence-corrected chi connectivity index (χ3v) is 7.22. The molecule has 8 heteroatoms. The summed E-state index contributed by atoms with van der Waals surface area (Å²) in [6.45, 7) is 2.73. The van der Waals surface area contributed by atoms with E-state index >= 15 is 0 Å². The molecule has 1 amide bonds. The molecule has 1 N–H and O–H groups in total. The van der Waals surface area contributed by atoms with Crippen LogP contribution in [-0.4, -0.2) is 44.8 Å². The van der Waals surface area contributed by atoms with E-state index in [-0.39, 0.29) is 10.5 Å². The summed E-state index contributed by atoms with van der Waals surface area (Å²) in [6.07, 6.45) is 3.74. The van der Waals surface area contributed by atoms with Crippen LogP contribution in [-0.2, 0) is 14.8 Å². The Kier molecular flexibility index (Phi) is 6.89. The maximum atomic E-state index is 13.2. The summed E-state index contributed by atoms with van der Waals surface area (Å²) in [4.78, 5) is 24.6. The van der Waals surface area contributed by atoms with Crippen LogP contribution >= 0.6 is 0 Å². The summed E-state index contributed by atoms with van der Waals surface area (Å²) in [6, 6.07) is 11.0. The van der Waals surface area contributed by atoms with E-state index in [0.717, 1.165) is 25.7 Å². The van der Waals surface area contributed by atoms with Crippen LogP contribution in [0.15, 0.2) is 47.4 Å². The van der Waals surface area contributed by atoms with Crippen molar-refractivity contribution >= 4 is 27.6 Å². The maximum absolute atomic E-state index is 13.2. The Morgan fingerprint density at radius 2 is 1.67 bits per heavy atom. The van der Waals surface area contributed by atoms with Gasteiger partial charge in [-0.25, -0.2) is 13.2 Å². The Morgan fingerprint density at radius 3 is 2.33 bits per heavy atom. The second-order valence-electron chi connectivity index (χ2n) is 7.33. The molecule has 3 rings (SSSR count). The fraction of sp³-hybridized carbons (Fsp3) is 0.364. The molecule has 160 valence electrons. The molecule has 30 heavy (non-hydrogen) atoms. The van der Waals surface area contributed by atoms with Gasteiger partial charge in [0.15, 0.2) is 0 Å². The van der Waals surface area contributed by atoms with Crippen LogP contribution in [0.2, 0.25) is 0 Å². The second kappa shape index (κ2) is 9.40. The van der Waals surface area contributed by atoms with Gasteiger partial charge in [0.05, 0.1) is 17.6 Å². The van der Waals surface area contributed by atoms with E-state index < -0.39 is 21.9 Å². The van der Waals surface area contributed by atoms with Crippen molar-refractivity contribution in [2.24, 2.45) is 0 Å². The number of nitrogens with one attached hydrogen (secondary N) is 1. The Bertz CT molecular complexity index is 1040. The standard InChI is InChI=1S/C22H26N2O5S/c1-16-10-11-17(15-20(16)30(27,28)24-12-5-3-4-6-13-24)21(25)23-19-9-7-8-18(14-19)22(26)29-2/h7-11,14-15H,3-6,12-13H2,1-2H3,(H,23,25). The van der Waals surface area contributed by atoms with Gasteiger partial charge in [-0.3, -0.25) is 4.79 Å². The van der Waals surface area contributed by atoms with E-state index in [1.54, 1.807) is 37.3 Å². The summed E-state index contributed by atoms with van der Waals surface area (Å²) < 4.78 is 32.6. The SMILES string of the molecule is COC(=O)c1cccc(NC(=O)c2ccc(C)c(S(=O)(=O)N3CCCCCC3)c2)c1. The van der Waals surface area contributed by atoms with Gasteiger partial charge in [-0.1, -0.05) is 25.0 Å². The van der Waals surface area contributed by atoms with E-state index in [1.165, 1.54) is 23.5 Å². The first kappa shape index (κ1) is 22.0. The number of hydrogen-bond acceptors (Lipinski definition) is 5. The van der Waals surface area contributed by atoms with E-state index in [1.807, 2.05) is 0 Å². The molecule has 0 aliphatic carbocycles. The van der Waals surface area contributed by atoms with Gasteiger partial charge in [0, 0.05) is 24.3 Å². The van der Waals surface area contributed by atoms with Crippen molar-refractivity contribution in [3.63, 3.8) is 0 Å². The molecule has 0 saturated carbocycles. The van der Waals surface area contributed by atoms with Crippen LogP contribution in [0.4, 0.5) is 5.69 Å². The molecule has 1 heterocycles. The van der Waals surface area contributed by atoms with Crippen LogP contribution in [0.1, 0.15) is 52.0 Å². The Hall–Kier alpha value is -2.71. The lowest BCUT2D eigenvalue weighted by Gasteiger charge is -2.21. The number of sulfonamides is 1. The summed E-state index contributed by atoms with van der Waals surface area (Å²) in [5, 5.41) is 2.71. The van der Waals surface area contributed by atoms with Crippen molar-refractivity contribution in [1.82, 2.24) is 4.31 Å². The van der Waals surface area contributed by atoms with Crippen LogP contribution in [0, 0.1) is 6.92 Å². The minimum atomic E-state index is -3.67. The van der Waals surface area contributed by atoms with Crippen molar-refractivity contribution in [3.8, 4) is 0 Å². The molecule has 1 saturated heterocycles. The van der Waals surface area contributed by atoms with Crippen molar-refractivity contribution < 1.29 is 22.7 Å². The number of anilines is 1. The van der Waals surface area contributed by atoms with Crippen molar-refractivity contribution in [1.29, 1.82) is 0 Å². The number of methoxy groups -OCH3 is 1. The number of hydrogen-bond donors (Lipinski definition) is 1. The summed E-state index contributed by atoms with van der Waals surface area (Å²) in [5.74, 6) is -0.961. The van der Waals surface area contributed by atoms with Gasteiger partial charge in [0.1, 0.15) is 0 Å². The lowest BCUT2D eigenvalue weighted by atomic mass is 10.1. The highest BCUT2D eigenvalue weighted by Gasteiger charge is 2.27. The molecule has 2 aromatic rings. The monoisotopic (exact) mass is 430 g/mol. The summed E-state index contributed by atoms with van der Waals surface area (Å²) >= 11 is 0. The van der Waals surface area contributed by atoms with E-state index in [2.05, 4.69) is 5.32 Å². The van der Waals surface area contributed by atoms with Gasteiger partial charge in [0.2, 0.25) is 10.0 Å². The van der Waals surface area contributed by atoms with Gasteiger partial charge in [-0.15, -0.1) is 0 Å². The number of amides is 1. The van der Waals surface area contributed by atoms with Gasteiger partial charge in [0.25, 0.3) is 5.91 Å². The molecule has 1 aliphatic rings. The molecule has 1 fully saturated rings. The van der Waals surface area contributed by atoms with E-state index in [9.17, 15) is 18.0 Å². The average Bonchev–Trinajstić information content (AvgIpc) is 3.03. The minimum Gasteiger partial charge on any atom is -0.465 e. The Balaban J connectivity index is 1.86. The predicted molar refractivity (Wildman–Crippen MR) is 114 cm³/mol. The fourth-order valence-corrected chi connectivity index (χ4v) is 5.25. The first-order valence-corrected chi connectivity index (χ1v) is 11.4. The Labute approximate surface area is 177 Å². The molecule has 7 nitrogen and oxygen atoms in total. The maximum Gasteiger partial charge on any atom is 0.337 e. The number of rotatable bonds is 5. The van der Waals surface area contributed by atoms with Crippen LogP contribution in [0.5, 0.6) is 0 Å². The molecule has 1 aliphatic heterocycles.